The number of hydrogen-bond acceptors (Lipinski definition) is 3. The Morgan fingerprint density at radius 2 is 2.13 bits per heavy atom. The topological polar surface area (TPSA) is 32.7 Å². The predicted molar refractivity (Wildman–Crippen MR) is 61.2 cm³/mol. The number of rotatable bonds is 5. The second-order valence-electron chi connectivity index (χ2n) is 3.79. The third-order valence-electron chi connectivity index (χ3n) is 2.44. The van der Waals surface area contributed by atoms with Crippen LogP contribution >= 0.6 is 0 Å². The Labute approximate surface area is 91.3 Å². The van der Waals surface area contributed by atoms with Crippen LogP contribution in [0.1, 0.15) is 11.1 Å². The van der Waals surface area contributed by atoms with Crippen molar-refractivity contribution >= 4 is 0 Å². The molecule has 0 saturated heterocycles. The Morgan fingerprint density at radius 1 is 1.40 bits per heavy atom. The van der Waals surface area contributed by atoms with Gasteiger partial charge in [0.1, 0.15) is 5.75 Å². The normalized spacial score (nSPS) is 10.7. The highest BCUT2D eigenvalue weighted by molar-refractivity contribution is 5.37. The first-order chi connectivity index (χ1) is 7.17. The van der Waals surface area contributed by atoms with Crippen molar-refractivity contribution in [2.75, 3.05) is 27.4 Å². The summed E-state index contributed by atoms with van der Waals surface area (Å²) in [5.74, 6) is 0.923. The molecule has 15 heavy (non-hydrogen) atoms. The van der Waals surface area contributed by atoms with Crippen LogP contribution in [0.3, 0.4) is 0 Å². The lowest BCUT2D eigenvalue weighted by molar-refractivity contribution is 0.134. The monoisotopic (exact) mass is 209 g/mol. The van der Waals surface area contributed by atoms with E-state index in [2.05, 4.69) is 13.0 Å². The maximum Gasteiger partial charge on any atom is 0.122 e. The molecule has 1 aromatic rings. The molecular formula is C12H19NO2. The molecule has 0 aliphatic heterocycles. The first-order valence-electron chi connectivity index (χ1n) is 5.10. The van der Waals surface area contributed by atoms with Gasteiger partial charge in [-0.05, 0) is 32.0 Å². The van der Waals surface area contributed by atoms with Crippen molar-refractivity contribution in [3.63, 3.8) is 0 Å². The summed E-state index contributed by atoms with van der Waals surface area (Å²) in [4.78, 5) is 1.86. The first kappa shape index (κ1) is 12.0. The largest absolute Gasteiger partial charge is 0.496 e. The molecule has 1 N–H and O–H groups in total. The van der Waals surface area contributed by atoms with Crippen LogP contribution in [0.4, 0.5) is 0 Å². The van der Waals surface area contributed by atoms with Gasteiger partial charge in [-0.3, -0.25) is 4.90 Å². The number of ether oxygens (including phenoxy) is 1. The fraction of sp³-hybridized carbons (Fsp3) is 0.500. The summed E-state index contributed by atoms with van der Waals surface area (Å²) in [5, 5.41) is 8.89. The van der Waals surface area contributed by atoms with Crippen molar-refractivity contribution in [3.8, 4) is 5.75 Å². The number of methoxy groups -OCH3 is 1. The molecule has 3 heteroatoms. The van der Waals surface area contributed by atoms with Crippen LogP contribution < -0.4 is 4.74 Å². The van der Waals surface area contributed by atoms with Gasteiger partial charge in [-0.15, -0.1) is 0 Å². The summed E-state index contributed by atoms with van der Waals surface area (Å²) in [7, 11) is 3.58. The highest BCUT2D eigenvalue weighted by atomic mass is 16.5. The van der Waals surface area contributed by atoms with Crippen molar-refractivity contribution in [2.45, 2.75) is 13.3 Å². The fourth-order valence-electron chi connectivity index (χ4n) is 1.48. The molecule has 0 bridgehead atoms. The van der Waals surface area contributed by atoms with Crippen LogP contribution in [0.5, 0.6) is 5.75 Å². The molecule has 0 spiro atoms. The highest BCUT2D eigenvalue weighted by Crippen LogP contribution is 2.20. The van der Waals surface area contributed by atoms with Crippen molar-refractivity contribution in [3.05, 3.63) is 29.3 Å². The Morgan fingerprint density at radius 3 is 2.73 bits per heavy atom. The van der Waals surface area contributed by atoms with Gasteiger partial charge in [-0.2, -0.15) is 0 Å². The predicted octanol–water partition coefficient (Wildman–Crippen LogP) is 1.43. The number of hydrogen-bond donors (Lipinski definition) is 1. The van der Waals surface area contributed by atoms with Crippen LogP contribution in [0.15, 0.2) is 18.2 Å². The molecule has 0 fully saturated rings. The Bertz CT molecular complexity index is 312. The average Bonchev–Trinajstić information content (AvgIpc) is 2.26. The zero-order valence-electron chi connectivity index (χ0n) is 9.66. The number of aliphatic hydroxyl groups is 1. The third kappa shape index (κ3) is 3.53. The number of benzene rings is 1. The van der Waals surface area contributed by atoms with E-state index in [4.69, 9.17) is 9.84 Å². The second kappa shape index (κ2) is 5.73. The van der Waals surface area contributed by atoms with E-state index in [1.165, 1.54) is 11.1 Å². The highest BCUT2D eigenvalue weighted by Gasteiger charge is 2.04. The second-order valence-corrected chi connectivity index (χ2v) is 3.79. The quantitative estimate of drug-likeness (QED) is 0.745. The van der Waals surface area contributed by atoms with E-state index in [0.717, 1.165) is 18.7 Å². The Kier molecular flexibility index (Phi) is 4.59. The van der Waals surface area contributed by atoms with Crippen LogP contribution in [-0.2, 0) is 6.42 Å². The number of nitrogens with zero attached hydrogens (tertiary/aromatic N) is 1. The molecule has 1 aromatic carbocycles. The molecule has 0 radical (unpaired) electrons. The average molecular weight is 209 g/mol. The standard InChI is InChI=1S/C12H19NO2/c1-10-4-5-12(15-3)11(8-10)6-7-13(2)9-14/h4-5,8,14H,6-7,9H2,1-3H3. The van der Waals surface area contributed by atoms with Gasteiger partial charge in [0.05, 0.1) is 13.8 Å². The SMILES string of the molecule is COc1ccc(C)cc1CCN(C)CO. The molecule has 0 atom stereocenters. The molecule has 0 amide bonds. The third-order valence-corrected chi connectivity index (χ3v) is 2.44. The van der Waals surface area contributed by atoms with Gasteiger partial charge in [0, 0.05) is 6.54 Å². The molecule has 0 aliphatic carbocycles. The Hall–Kier alpha value is -1.06. The number of aryl methyl sites for hydroxylation is 1. The van der Waals surface area contributed by atoms with E-state index in [1.54, 1.807) is 7.11 Å². The molecule has 1 rings (SSSR count). The van der Waals surface area contributed by atoms with E-state index >= 15 is 0 Å². The molecular weight excluding hydrogens is 190 g/mol. The fourth-order valence-corrected chi connectivity index (χ4v) is 1.48. The summed E-state index contributed by atoms with van der Waals surface area (Å²) in [6.45, 7) is 2.99. The zero-order valence-corrected chi connectivity index (χ0v) is 9.66. The summed E-state index contributed by atoms with van der Waals surface area (Å²) >= 11 is 0. The molecule has 0 saturated carbocycles. The van der Waals surface area contributed by atoms with E-state index in [0.29, 0.717) is 0 Å². The molecule has 3 nitrogen and oxygen atoms in total. The van der Waals surface area contributed by atoms with E-state index in [1.807, 2.05) is 24.1 Å². The van der Waals surface area contributed by atoms with Gasteiger partial charge in [-0.1, -0.05) is 17.7 Å². The van der Waals surface area contributed by atoms with Gasteiger partial charge in [0.2, 0.25) is 0 Å². The maximum atomic E-state index is 8.89. The lowest BCUT2D eigenvalue weighted by Crippen LogP contribution is -2.22. The van der Waals surface area contributed by atoms with E-state index in [9.17, 15) is 0 Å². The Balaban J connectivity index is 2.69. The minimum Gasteiger partial charge on any atom is -0.496 e. The van der Waals surface area contributed by atoms with Crippen molar-refractivity contribution in [1.29, 1.82) is 0 Å². The lowest BCUT2D eigenvalue weighted by atomic mass is 10.1. The molecule has 0 unspecified atom stereocenters. The molecule has 0 aromatic heterocycles. The van der Waals surface area contributed by atoms with Gasteiger partial charge in [0.15, 0.2) is 0 Å². The summed E-state index contributed by atoms with van der Waals surface area (Å²) in [5.41, 5.74) is 2.43. The number of aliphatic hydroxyl groups excluding tert-OH is 1. The zero-order chi connectivity index (χ0) is 11.3. The van der Waals surface area contributed by atoms with Crippen molar-refractivity contribution < 1.29 is 9.84 Å². The first-order valence-corrected chi connectivity index (χ1v) is 5.10. The van der Waals surface area contributed by atoms with Gasteiger partial charge >= 0.3 is 0 Å². The van der Waals surface area contributed by atoms with Crippen LogP contribution in [0.2, 0.25) is 0 Å². The van der Waals surface area contributed by atoms with Crippen LogP contribution in [0, 0.1) is 6.92 Å². The number of likely N-dealkylation sites (N-methyl/N-ethyl adjacent to an activating group) is 1. The van der Waals surface area contributed by atoms with Gasteiger partial charge < -0.3 is 9.84 Å². The smallest absolute Gasteiger partial charge is 0.122 e. The minimum atomic E-state index is 0.0914. The maximum absolute atomic E-state index is 8.89. The molecule has 0 aliphatic rings. The summed E-state index contributed by atoms with van der Waals surface area (Å²) < 4.78 is 5.29. The summed E-state index contributed by atoms with van der Waals surface area (Å²) in [6, 6.07) is 6.16. The van der Waals surface area contributed by atoms with Gasteiger partial charge in [-0.25, -0.2) is 0 Å². The molecule has 84 valence electrons. The van der Waals surface area contributed by atoms with Gasteiger partial charge in [0.25, 0.3) is 0 Å². The van der Waals surface area contributed by atoms with E-state index < -0.39 is 0 Å². The van der Waals surface area contributed by atoms with E-state index in [-0.39, 0.29) is 6.73 Å². The minimum absolute atomic E-state index is 0.0914. The van der Waals surface area contributed by atoms with Crippen molar-refractivity contribution in [1.82, 2.24) is 4.90 Å². The van der Waals surface area contributed by atoms with Crippen LogP contribution in [-0.4, -0.2) is 37.4 Å². The lowest BCUT2D eigenvalue weighted by Gasteiger charge is -2.14. The molecule has 0 heterocycles. The van der Waals surface area contributed by atoms with Crippen LogP contribution in [0.25, 0.3) is 0 Å². The summed E-state index contributed by atoms with van der Waals surface area (Å²) in [6.07, 6.45) is 0.891. The van der Waals surface area contributed by atoms with Crippen molar-refractivity contribution in [2.24, 2.45) is 0 Å².